The Hall–Kier alpha value is -3.71. The van der Waals surface area contributed by atoms with Gasteiger partial charge in [-0.05, 0) is 91.8 Å². The summed E-state index contributed by atoms with van der Waals surface area (Å²) in [4.78, 5) is 4.85. The largest absolute Gasteiger partial charge is 0.280 e. The van der Waals surface area contributed by atoms with Crippen LogP contribution in [-0.4, -0.2) is 12.3 Å². The fraction of sp³-hybridized carbons (Fsp3) is 0.229. The van der Waals surface area contributed by atoms with Crippen LogP contribution in [-0.2, 0) is 5.41 Å². The Bertz CT molecular complexity index is 1630. The molecule has 0 N–H and O–H groups in total. The molecule has 0 saturated carbocycles. The molecule has 1 aromatic carbocycles. The summed E-state index contributed by atoms with van der Waals surface area (Å²) in [5.74, 6) is 0.908. The molecule has 1 aromatic rings. The average Bonchev–Trinajstić information content (AvgIpc) is 3.12. The zero-order valence-electron chi connectivity index (χ0n) is 21.0. The van der Waals surface area contributed by atoms with Crippen LogP contribution in [0.1, 0.15) is 43.9 Å². The van der Waals surface area contributed by atoms with Crippen molar-refractivity contribution in [1.29, 1.82) is 0 Å². The van der Waals surface area contributed by atoms with Gasteiger partial charge in [0.15, 0.2) is 0 Å². The molecule has 6 aliphatic carbocycles. The fourth-order valence-electron chi connectivity index (χ4n) is 7.40. The molecule has 0 saturated heterocycles. The minimum atomic E-state index is 0.0737. The van der Waals surface area contributed by atoms with Gasteiger partial charge in [-0.2, -0.15) is 0 Å². The Kier molecular flexibility index (Phi) is 3.95. The molecule has 36 heavy (non-hydrogen) atoms. The third kappa shape index (κ3) is 2.58. The number of aliphatic imine (C=N–C) groups is 1. The summed E-state index contributed by atoms with van der Waals surface area (Å²) in [5.41, 5.74) is 17.0. The van der Waals surface area contributed by atoms with Gasteiger partial charge in [0.05, 0.1) is 0 Å². The summed E-state index contributed by atoms with van der Waals surface area (Å²) < 4.78 is 0. The van der Waals surface area contributed by atoms with Gasteiger partial charge in [-0.15, -0.1) is 0 Å². The van der Waals surface area contributed by atoms with Crippen molar-refractivity contribution in [2.45, 2.75) is 38.6 Å². The third-order valence-corrected chi connectivity index (χ3v) is 9.24. The Balaban J connectivity index is 1.26. The van der Waals surface area contributed by atoms with Crippen LogP contribution in [0.2, 0.25) is 0 Å². The van der Waals surface area contributed by atoms with Gasteiger partial charge in [-0.3, -0.25) is 4.99 Å². The molecule has 0 bridgehead atoms. The van der Waals surface area contributed by atoms with E-state index in [2.05, 4.69) is 106 Å². The van der Waals surface area contributed by atoms with Gasteiger partial charge in [0.1, 0.15) is 6.04 Å². The van der Waals surface area contributed by atoms with Crippen molar-refractivity contribution in [3.05, 3.63) is 141 Å². The summed E-state index contributed by atoms with van der Waals surface area (Å²) >= 11 is 0. The molecule has 1 heteroatoms. The summed E-state index contributed by atoms with van der Waals surface area (Å²) in [5, 5.41) is 0. The summed E-state index contributed by atoms with van der Waals surface area (Å²) in [6, 6.07) is 7.34. The molecule has 7 aliphatic rings. The lowest BCUT2D eigenvalue weighted by Gasteiger charge is -2.39. The van der Waals surface area contributed by atoms with Crippen molar-refractivity contribution in [3.63, 3.8) is 0 Å². The molecule has 0 aromatic heterocycles. The van der Waals surface area contributed by atoms with E-state index in [0.29, 0.717) is 11.8 Å². The highest BCUT2D eigenvalue weighted by Crippen LogP contribution is 2.54. The lowest BCUT2D eigenvalue weighted by Crippen LogP contribution is -2.29. The van der Waals surface area contributed by atoms with Crippen LogP contribution >= 0.6 is 0 Å². The van der Waals surface area contributed by atoms with Crippen molar-refractivity contribution in [1.82, 2.24) is 0 Å². The zero-order valence-corrected chi connectivity index (χ0v) is 21.0. The molecule has 1 nitrogen and oxygen atoms in total. The molecule has 3 atom stereocenters. The molecular formula is C35H29N. The second-order valence-electron chi connectivity index (χ2n) is 11.6. The predicted octanol–water partition coefficient (Wildman–Crippen LogP) is 7.95. The van der Waals surface area contributed by atoms with E-state index in [1.165, 1.54) is 61.3 Å². The number of hydrogen-bond acceptors (Lipinski definition) is 1. The Morgan fingerprint density at radius 2 is 1.83 bits per heavy atom. The highest BCUT2D eigenvalue weighted by Gasteiger charge is 2.41. The van der Waals surface area contributed by atoms with Gasteiger partial charge >= 0.3 is 0 Å². The topological polar surface area (TPSA) is 12.4 Å². The standard InChI is InChI=1S/C35H29N/c1-20-6-11-26-27-13-9-22(19-31(27)35(2,3)30(26)17-20)25-12-7-21-8-15-29-33-23(10-14-28(25)32(21)33)18-24-5-4-16-36-34(24)29/h4-16,18-20,32,34H,17H2,1-3H3. The predicted molar refractivity (Wildman–Crippen MR) is 151 cm³/mol. The van der Waals surface area contributed by atoms with Gasteiger partial charge in [0.25, 0.3) is 0 Å². The number of fused-ring (bicyclic) bond motifs is 4. The fourth-order valence-corrected chi connectivity index (χ4v) is 7.40. The maximum atomic E-state index is 4.85. The van der Waals surface area contributed by atoms with Crippen LogP contribution in [0.4, 0.5) is 0 Å². The second-order valence-corrected chi connectivity index (χ2v) is 11.6. The minimum absolute atomic E-state index is 0.0737. The van der Waals surface area contributed by atoms with Gasteiger partial charge in [0, 0.05) is 17.5 Å². The van der Waals surface area contributed by atoms with E-state index >= 15 is 0 Å². The molecule has 0 spiro atoms. The van der Waals surface area contributed by atoms with E-state index in [4.69, 9.17) is 4.99 Å². The first kappa shape index (κ1) is 20.5. The van der Waals surface area contributed by atoms with Crippen LogP contribution in [0, 0.1) is 11.8 Å². The Morgan fingerprint density at radius 3 is 2.75 bits per heavy atom. The Morgan fingerprint density at radius 1 is 0.917 bits per heavy atom. The number of hydrogen-bond donors (Lipinski definition) is 0. The van der Waals surface area contributed by atoms with Crippen LogP contribution in [0.3, 0.4) is 0 Å². The number of allylic oxidation sites excluding steroid dienone is 16. The quantitative estimate of drug-likeness (QED) is 0.401. The van der Waals surface area contributed by atoms with Gasteiger partial charge in [-0.1, -0.05) is 93.2 Å². The molecule has 8 rings (SSSR count). The first-order chi connectivity index (χ1) is 17.5. The summed E-state index contributed by atoms with van der Waals surface area (Å²) in [6.45, 7) is 7.17. The van der Waals surface area contributed by atoms with Gasteiger partial charge < -0.3 is 0 Å². The molecular weight excluding hydrogens is 434 g/mol. The Labute approximate surface area is 213 Å². The number of nitrogens with zero attached hydrogens (tertiary/aromatic N) is 1. The van der Waals surface area contributed by atoms with Crippen LogP contribution in [0.15, 0.2) is 129 Å². The molecule has 0 amide bonds. The molecule has 3 unspecified atom stereocenters. The molecule has 1 heterocycles. The first-order valence-electron chi connectivity index (χ1n) is 13.3. The van der Waals surface area contributed by atoms with Crippen LogP contribution < -0.4 is 0 Å². The highest BCUT2D eigenvalue weighted by atomic mass is 14.8. The van der Waals surface area contributed by atoms with E-state index in [9.17, 15) is 0 Å². The smallest absolute Gasteiger partial charge is 0.100 e. The average molecular weight is 464 g/mol. The SMILES string of the molecule is CC1C=CC2=C(C1)C(C)(C)c1cc(C3=C4C=CC5=C6C(=CC=C(C=C3)C46)C3N=CC=CC3=C5)ccc12. The number of dihydropyridines is 1. The van der Waals surface area contributed by atoms with E-state index in [1.807, 2.05) is 6.21 Å². The van der Waals surface area contributed by atoms with E-state index in [1.54, 1.807) is 5.57 Å². The van der Waals surface area contributed by atoms with Crippen molar-refractivity contribution in [3.8, 4) is 0 Å². The molecule has 0 radical (unpaired) electrons. The molecule has 1 aliphatic heterocycles. The van der Waals surface area contributed by atoms with Crippen molar-refractivity contribution >= 4 is 17.4 Å². The van der Waals surface area contributed by atoms with Crippen molar-refractivity contribution in [2.75, 3.05) is 0 Å². The first-order valence-corrected chi connectivity index (χ1v) is 13.3. The van der Waals surface area contributed by atoms with E-state index in [0.717, 1.165) is 6.42 Å². The number of rotatable bonds is 1. The number of benzene rings is 1. The normalized spacial score (nSPS) is 29.5. The lowest BCUT2D eigenvalue weighted by atomic mass is 9.65. The highest BCUT2D eigenvalue weighted by molar-refractivity contribution is 5.91. The van der Waals surface area contributed by atoms with E-state index < -0.39 is 0 Å². The van der Waals surface area contributed by atoms with Gasteiger partial charge in [0.2, 0.25) is 0 Å². The van der Waals surface area contributed by atoms with E-state index in [-0.39, 0.29) is 11.5 Å². The molecule has 174 valence electrons. The minimum Gasteiger partial charge on any atom is -0.280 e. The van der Waals surface area contributed by atoms with Gasteiger partial charge in [-0.25, -0.2) is 0 Å². The van der Waals surface area contributed by atoms with Crippen LogP contribution in [0.25, 0.3) is 11.1 Å². The maximum absolute atomic E-state index is 4.85. The van der Waals surface area contributed by atoms with Crippen LogP contribution in [0.5, 0.6) is 0 Å². The lowest BCUT2D eigenvalue weighted by molar-refractivity contribution is 0.565. The van der Waals surface area contributed by atoms with Crippen molar-refractivity contribution < 1.29 is 0 Å². The monoisotopic (exact) mass is 463 g/mol. The maximum Gasteiger partial charge on any atom is 0.100 e. The molecule has 0 fully saturated rings. The summed E-state index contributed by atoms with van der Waals surface area (Å²) in [7, 11) is 0. The van der Waals surface area contributed by atoms with Crippen molar-refractivity contribution in [2.24, 2.45) is 16.8 Å². The second kappa shape index (κ2) is 6.95. The summed E-state index contributed by atoms with van der Waals surface area (Å²) in [6.07, 6.45) is 28.5. The third-order valence-electron chi connectivity index (χ3n) is 9.24. The zero-order chi connectivity index (χ0) is 24.2.